The minimum atomic E-state index is -0.132. The number of pyridine rings is 1. The highest BCUT2D eigenvalue weighted by Gasteiger charge is 2.50. The third kappa shape index (κ3) is 3.88. The summed E-state index contributed by atoms with van der Waals surface area (Å²) in [5, 5.41) is 0. The number of ether oxygens (including phenoxy) is 1. The van der Waals surface area contributed by atoms with Crippen molar-refractivity contribution in [2.24, 2.45) is 11.8 Å². The second kappa shape index (κ2) is 7.08. The summed E-state index contributed by atoms with van der Waals surface area (Å²) < 4.78 is 5.26. The Morgan fingerprint density at radius 2 is 1.96 bits per heavy atom. The second-order valence-electron chi connectivity index (χ2n) is 6.25. The second-order valence-corrected chi connectivity index (χ2v) is 6.25. The summed E-state index contributed by atoms with van der Waals surface area (Å²) in [6.45, 7) is 3.16. The van der Waals surface area contributed by atoms with E-state index >= 15 is 0 Å². The Bertz CT molecular complexity index is 557. The van der Waals surface area contributed by atoms with E-state index in [1.807, 2.05) is 24.1 Å². The Kier molecular flexibility index (Phi) is 4.91. The van der Waals surface area contributed by atoms with Gasteiger partial charge in [-0.25, -0.2) is 0 Å². The van der Waals surface area contributed by atoms with Crippen LogP contribution in [0.4, 0.5) is 0 Å². The number of likely N-dealkylation sites (N-methyl/N-ethyl adjacent to an activating group) is 1. The summed E-state index contributed by atoms with van der Waals surface area (Å²) in [6, 6.07) is 3.92. The van der Waals surface area contributed by atoms with Crippen molar-refractivity contribution in [2.45, 2.75) is 12.8 Å². The Labute approximate surface area is 136 Å². The molecule has 6 heteroatoms. The first-order chi connectivity index (χ1) is 11.2. The van der Waals surface area contributed by atoms with Crippen molar-refractivity contribution >= 4 is 11.8 Å². The molecule has 6 nitrogen and oxygen atoms in total. The van der Waals surface area contributed by atoms with Crippen LogP contribution < -0.4 is 0 Å². The van der Waals surface area contributed by atoms with E-state index in [0.717, 1.165) is 12.0 Å². The van der Waals surface area contributed by atoms with Crippen LogP contribution in [0.1, 0.15) is 12.0 Å². The molecule has 2 fully saturated rings. The zero-order valence-corrected chi connectivity index (χ0v) is 13.5. The van der Waals surface area contributed by atoms with Crippen molar-refractivity contribution in [1.82, 2.24) is 14.8 Å². The van der Waals surface area contributed by atoms with Crippen LogP contribution in [0.5, 0.6) is 0 Å². The average Bonchev–Trinajstić information content (AvgIpc) is 3.40. The van der Waals surface area contributed by atoms with Gasteiger partial charge in [0, 0.05) is 39.1 Å². The van der Waals surface area contributed by atoms with E-state index in [0.29, 0.717) is 39.3 Å². The average molecular weight is 317 g/mol. The predicted octanol–water partition coefficient (Wildman–Crippen LogP) is 0.577. The molecule has 0 N–H and O–H groups in total. The van der Waals surface area contributed by atoms with Gasteiger partial charge < -0.3 is 14.5 Å². The first-order valence-electron chi connectivity index (χ1n) is 8.17. The number of carbonyl (C=O) groups excluding carboxylic acids is 2. The van der Waals surface area contributed by atoms with Crippen LogP contribution in [0.2, 0.25) is 0 Å². The molecule has 1 saturated carbocycles. The maximum Gasteiger partial charge on any atom is 0.226 e. The highest BCUT2D eigenvalue weighted by atomic mass is 16.5. The Morgan fingerprint density at radius 3 is 2.65 bits per heavy atom. The van der Waals surface area contributed by atoms with Crippen LogP contribution in [0.25, 0.3) is 0 Å². The fraction of sp³-hybridized carbons (Fsp3) is 0.588. The van der Waals surface area contributed by atoms with Gasteiger partial charge in [0.15, 0.2) is 0 Å². The maximum absolute atomic E-state index is 12.4. The molecular weight excluding hydrogens is 294 g/mol. The fourth-order valence-electron chi connectivity index (χ4n) is 3.00. The molecule has 1 aliphatic carbocycles. The molecule has 124 valence electrons. The van der Waals surface area contributed by atoms with E-state index in [4.69, 9.17) is 4.74 Å². The van der Waals surface area contributed by atoms with Gasteiger partial charge in [0.25, 0.3) is 0 Å². The van der Waals surface area contributed by atoms with Crippen molar-refractivity contribution in [2.75, 3.05) is 39.9 Å². The Hall–Kier alpha value is -1.95. The van der Waals surface area contributed by atoms with Crippen LogP contribution in [0.15, 0.2) is 24.5 Å². The van der Waals surface area contributed by atoms with Gasteiger partial charge in [-0.05, 0) is 30.5 Å². The van der Waals surface area contributed by atoms with E-state index in [2.05, 4.69) is 4.98 Å². The van der Waals surface area contributed by atoms with Gasteiger partial charge in [0.2, 0.25) is 11.8 Å². The summed E-state index contributed by atoms with van der Waals surface area (Å²) in [6.07, 6.45) is 5.01. The topological polar surface area (TPSA) is 62.7 Å². The maximum atomic E-state index is 12.4. The molecule has 2 unspecified atom stereocenters. The number of hydrogen-bond acceptors (Lipinski definition) is 4. The van der Waals surface area contributed by atoms with Gasteiger partial charge in [-0.1, -0.05) is 0 Å². The lowest BCUT2D eigenvalue weighted by atomic mass is 10.2. The number of morpholine rings is 1. The molecule has 2 heterocycles. The van der Waals surface area contributed by atoms with E-state index in [9.17, 15) is 9.59 Å². The molecule has 0 bridgehead atoms. The normalized spacial score (nSPS) is 23.4. The molecule has 1 aliphatic heterocycles. The zero-order chi connectivity index (χ0) is 16.2. The molecule has 0 spiro atoms. The highest BCUT2D eigenvalue weighted by molar-refractivity contribution is 5.92. The molecular formula is C17H23N3O3. The molecule has 1 aromatic rings. The molecule has 1 aromatic heterocycles. The lowest BCUT2D eigenvalue weighted by Crippen LogP contribution is -2.42. The number of hydrogen-bond donors (Lipinski definition) is 0. The van der Waals surface area contributed by atoms with Crippen LogP contribution in [0.3, 0.4) is 0 Å². The lowest BCUT2D eigenvalue weighted by Gasteiger charge is -2.27. The predicted molar refractivity (Wildman–Crippen MR) is 84.6 cm³/mol. The quantitative estimate of drug-likeness (QED) is 0.797. The lowest BCUT2D eigenvalue weighted by molar-refractivity contribution is -0.140. The highest BCUT2D eigenvalue weighted by Crippen LogP contribution is 2.41. The molecule has 1 saturated heterocycles. The zero-order valence-electron chi connectivity index (χ0n) is 13.5. The number of carbonyl (C=O) groups is 2. The van der Waals surface area contributed by atoms with Gasteiger partial charge in [-0.15, -0.1) is 0 Å². The summed E-state index contributed by atoms with van der Waals surface area (Å²) in [4.78, 5) is 32.4. The van der Waals surface area contributed by atoms with Gasteiger partial charge >= 0.3 is 0 Å². The largest absolute Gasteiger partial charge is 0.378 e. The molecule has 0 aromatic carbocycles. The summed E-state index contributed by atoms with van der Waals surface area (Å²) in [7, 11) is 1.82. The molecule has 2 atom stereocenters. The van der Waals surface area contributed by atoms with Crippen LogP contribution >= 0.6 is 0 Å². The summed E-state index contributed by atoms with van der Waals surface area (Å²) >= 11 is 0. The number of aromatic nitrogens is 1. The van der Waals surface area contributed by atoms with Crippen molar-refractivity contribution in [1.29, 1.82) is 0 Å². The fourth-order valence-corrected chi connectivity index (χ4v) is 3.00. The van der Waals surface area contributed by atoms with Crippen LogP contribution in [-0.4, -0.2) is 66.5 Å². The Morgan fingerprint density at radius 1 is 1.26 bits per heavy atom. The first kappa shape index (κ1) is 15.9. The number of nitrogens with zero attached hydrogens (tertiary/aromatic N) is 3. The molecule has 2 amide bonds. The van der Waals surface area contributed by atoms with Crippen molar-refractivity contribution in [3.05, 3.63) is 30.1 Å². The van der Waals surface area contributed by atoms with Crippen molar-refractivity contribution < 1.29 is 14.3 Å². The van der Waals surface area contributed by atoms with Gasteiger partial charge in [0.05, 0.1) is 25.0 Å². The van der Waals surface area contributed by atoms with Crippen LogP contribution in [0, 0.1) is 11.8 Å². The number of amides is 2. The van der Waals surface area contributed by atoms with Crippen LogP contribution in [-0.2, 0) is 20.7 Å². The third-order valence-electron chi connectivity index (χ3n) is 4.61. The smallest absolute Gasteiger partial charge is 0.226 e. The van der Waals surface area contributed by atoms with Gasteiger partial charge in [-0.3, -0.25) is 14.6 Å². The minimum absolute atomic E-state index is 0.0886. The van der Waals surface area contributed by atoms with E-state index in [-0.39, 0.29) is 23.7 Å². The standard InChI is InChI=1S/C17H23N3O3/c1-19(7-4-13-2-5-18-6-3-13)16(21)14-12-15(14)17(22)20-8-10-23-11-9-20/h2-3,5-6,14-15H,4,7-12H2,1H3. The molecule has 3 rings (SSSR count). The van der Waals surface area contributed by atoms with E-state index in [1.54, 1.807) is 17.3 Å². The SMILES string of the molecule is CN(CCc1ccncc1)C(=O)C1CC1C(=O)N1CCOCC1. The van der Waals surface area contributed by atoms with E-state index in [1.165, 1.54) is 0 Å². The van der Waals surface area contributed by atoms with Gasteiger partial charge in [0.1, 0.15) is 0 Å². The van der Waals surface area contributed by atoms with Gasteiger partial charge in [-0.2, -0.15) is 0 Å². The molecule has 23 heavy (non-hydrogen) atoms. The third-order valence-corrected chi connectivity index (χ3v) is 4.61. The summed E-state index contributed by atoms with van der Waals surface area (Å²) in [5.41, 5.74) is 1.16. The number of rotatable bonds is 5. The summed E-state index contributed by atoms with van der Waals surface area (Å²) in [5.74, 6) is -0.0448. The van der Waals surface area contributed by atoms with Crippen molar-refractivity contribution in [3.63, 3.8) is 0 Å². The Balaban J connectivity index is 1.46. The minimum Gasteiger partial charge on any atom is -0.378 e. The van der Waals surface area contributed by atoms with E-state index < -0.39 is 0 Å². The molecule has 0 radical (unpaired) electrons. The monoisotopic (exact) mass is 317 g/mol. The molecule has 2 aliphatic rings. The van der Waals surface area contributed by atoms with Crippen molar-refractivity contribution in [3.8, 4) is 0 Å². The first-order valence-corrected chi connectivity index (χ1v) is 8.17.